The molecule has 0 bridgehead atoms. The van der Waals surface area contributed by atoms with Gasteiger partial charge in [0.15, 0.2) is 0 Å². The fourth-order valence-corrected chi connectivity index (χ4v) is 2.95. The molecule has 2 amide bonds. The Morgan fingerprint density at radius 2 is 1.68 bits per heavy atom. The highest BCUT2D eigenvalue weighted by atomic mass is 16.6. The number of benzene rings is 2. The van der Waals surface area contributed by atoms with E-state index >= 15 is 0 Å². The van der Waals surface area contributed by atoms with E-state index < -0.39 is 16.7 Å². The molecule has 0 fully saturated rings. The number of nitrogens with one attached hydrogen (secondary N) is 1. The van der Waals surface area contributed by atoms with Crippen molar-refractivity contribution >= 4 is 28.8 Å². The average molecular weight is 381 g/mol. The van der Waals surface area contributed by atoms with Gasteiger partial charge in [-0.2, -0.15) is 0 Å². The Hall–Kier alpha value is -3.68. The van der Waals surface area contributed by atoms with Crippen molar-refractivity contribution in [2.75, 3.05) is 19.0 Å². The second-order valence-corrected chi connectivity index (χ2v) is 6.17. The number of ether oxygens (including phenoxy) is 1. The fourth-order valence-electron chi connectivity index (χ4n) is 2.95. The lowest BCUT2D eigenvalue weighted by Gasteiger charge is -2.13. The number of nitro groups is 1. The number of hydrogen-bond acceptors (Lipinski definition) is 6. The lowest BCUT2D eigenvalue weighted by molar-refractivity contribution is -0.384. The normalized spacial score (nSPS) is 13.9. The molecule has 1 N–H and O–H groups in total. The number of anilines is 1. The van der Waals surface area contributed by atoms with Crippen molar-refractivity contribution in [3.8, 4) is 5.75 Å². The molecule has 0 aliphatic carbocycles. The van der Waals surface area contributed by atoms with Gasteiger partial charge in [-0.3, -0.25) is 24.6 Å². The number of carbonyl (C=O) groups is 2. The third-order valence-electron chi connectivity index (χ3n) is 4.34. The zero-order valence-electron chi connectivity index (χ0n) is 15.5. The van der Waals surface area contributed by atoms with Crippen molar-refractivity contribution in [2.24, 2.45) is 0 Å². The molecule has 0 saturated heterocycles. The maximum Gasteiger partial charge on any atom is 0.278 e. The van der Waals surface area contributed by atoms with E-state index in [1.807, 2.05) is 6.92 Å². The summed E-state index contributed by atoms with van der Waals surface area (Å²) in [6.45, 7) is 2.17. The van der Waals surface area contributed by atoms with E-state index in [-0.39, 0.29) is 17.0 Å². The minimum Gasteiger partial charge on any atom is -0.497 e. The number of carbonyl (C=O) groups excluding carboxylic acids is 2. The van der Waals surface area contributed by atoms with Gasteiger partial charge in [-0.15, -0.1) is 0 Å². The molecule has 0 radical (unpaired) electrons. The molecule has 0 aromatic heterocycles. The number of nitro benzene ring substituents is 1. The molecular formula is C20H19N3O5. The average Bonchev–Trinajstić information content (AvgIpc) is 2.93. The molecule has 1 aliphatic heterocycles. The maximum atomic E-state index is 12.9. The van der Waals surface area contributed by atoms with Crippen LogP contribution in [-0.2, 0) is 9.59 Å². The van der Waals surface area contributed by atoms with Crippen LogP contribution in [0.2, 0.25) is 0 Å². The highest BCUT2D eigenvalue weighted by Crippen LogP contribution is 2.31. The van der Waals surface area contributed by atoms with Crippen LogP contribution in [0.1, 0.15) is 18.9 Å². The van der Waals surface area contributed by atoms with E-state index in [2.05, 4.69) is 5.32 Å². The second-order valence-electron chi connectivity index (χ2n) is 6.17. The summed E-state index contributed by atoms with van der Waals surface area (Å²) in [4.78, 5) is 37.3. The predicted octanol–water partition coefficient (Wildman–Crippen LogP) is 3.21. The molecule has 144 valence electrons. The van der Waals surface area contributed by atoms with Crippen molar-refractivity contribution in [1.82, 2.24) is 4.90 Å². The standard InChI is InChI=1S/C20H19N3O5/c1-3-12-22-19(24)17(13-4-8-15(9-5-13)23(26)27)18(20(22)25)21-14-6-10-16(28-2)11-7-14/h4-11,21H,3,12H2,1-2H3. The first kappa shape index (κ1) is 19.1. The first-order chi connectivity index (χ1) is 13.5. The largest absolute Gasteiger partial charge is 0.497 e. The van der Waals surface area contributed by atoms with Crippen LogP contribution in [-0.4, -0.2) is 35.3 Å². The van der Waals surface area contributed by atoms with Gasteiger partial charge >= 0.3 is 0 Å². The Bertz CT molecular complexity index is 949. The molecule has 0 atom stereocenters. The van der Waals surface area contributed by atoms with Crippen LogP contribution in [0.4, 0.5) is 11.4 Å². The SMILES string of the molecule is CCCN1C(=O)C(Nc2ccc(OC)cc2)=C(c2ccc([N+](=O)[O-])cc2)C1=O. The quantitative estimate of drug-likeness (QED) is 0.449. The van der Waals surface area contributed by atoms with Gasteiger partial charge in [0.1, 0.15) is 11.4 Å². The van der Waals surface area contributed by atoms with Crippen LogP contribution in [0.5, 0.6) is 5.75 Å². The van der Waals surface area contributed by atoms with E-state index in [9.17, 15) is 19.7 Å². The summed E-state index contributed by atoms with van der Waals surface area (Å²) >= 11 is 0. The first-order valence-corrected chi connectivity index (χ1v) is 8.72. The van der Waals surface area contributed by atoms with Crippen LogP contribution < -0.4 is 10.1 Å². The summed E-state index contributed by atoms with van der Waals surface area (Å²) < 4.78 is 5.12. The van der Waals surface area contributed by atoms with Crippen molar-refractivity contribution in [3.63, 3.8) is 0 Å². The van der Waals surface area contributed by atoms with Crippen LogP contribution in [0.25, 0.3) is 5.57 Å². The van der Waals surface area contributed by atoms with E-state index in [4.69, 9.17) is 4.74 Å². The third kappa shape index (κ3) is 3.57. The lowest BCUT2D eigenvalue weighted by atomic mass is 10.0. The molecule has 0 unspecified atom stereocenters. The fraction of sp³-hybridized carbons (Fsp3) is 0.200. The van der Waals surface area contributed by atoms with Gasteiger partial charge in [0.25, 0.3) is 17.5 Å². The first-order valence-electron chi connectivity index (χ1n) is 8.72. The number of amides is 2. The number of imide groups is 1. The molecule has 2 aromatic rings. The second kappa shape index (κ2) is 7.91. The maximum absolute atomic E-state index is 12.9. The minimum absolute atomic E-state index is 0.0869. The summed E-state index contributed by atoms with van der Waals surface area (Å²) in [6, 6.07) is 12.5. The van der Waals surface area contributed by atoms with Gasteiger partial charge in [0.2, 0.25) is 0 Å². The highest BCUT2D eigenvalue weighted by molar-refractivity contribution is 6.36. The molecule has 1 heterocycles. The minimum atomic E-state index is -0.514. The zero-order valence-corrected chi connectivity index (χ0v) is 15.5. The van der Waals surface area contributed by atoms with Gasteiger partial charge in [0.05, 0.1) is 17.6 Å². The number of hydrogen-bond donors (Lipinski definition) is 1. The zero-order chi connectivity index (χ0) is 20.3. The van der Waals surface area contributed by atoms with E-state index in [0.717, 1.165) is 0 Å². The molecule has 2 aromatic carbocycles. The number of rotatable bonds is 7. The van der Waals surface area contributed by atoms with Crippen LogP contribution in [0.3, 0.4) is 0 Å². The van der Waals surface area contributed by atoms with Crippen molar-refractivity contribution in [1.29, 1.82) is 0 Å². The Labute approximate surface area is 161 Å². The van der Waals surface area contributed by atoms with Crippen LogP contribution in [0, 0.1) is 10.1 Å². The third-order valence-corrected chi connectivity index (χ3v) is 4.34. The Morgan fingerprint density at radius 1 is 1.04 bits per heavy atom. The van der Waals surface area contributed by atoms with Gasteiger partial charge < -0.3 is 10.1 Å². The van der Waals surface area contributed by atoms with Crippen LogP contribution in [0.15, 0.2) is 54.2 Å². The van der Waals surface area contributed by atoms with Crippen LogP contribution >= 0.6 is 0 Å². The van der Waals surface area contributed by atoms with Crippen molar-refractivity contribution in [2.45, 2.75) is 13.3 Å². The summed E-state index contributed by atoms with van der Waals surface area (Å²) in [6.07, 6.45) is 0.626. The Kier molecular flexibility index (Phi) is 5.39. The smallest absolute Gasteiger partial charge is 0.278 e. The number of nitrogens with zero attached hydrogens (tertiary/aromatic N) is 2. The molecular weight excluding hydrogens is 362 g/mol. The summed E-state index contributed by atoms with van der Waals surface area (Å²) in [5, 5.41) is 13.9. The molecule has 28 heavy (non-hydrogen) atoms. The van der Waals surface area contributed by atoms with E-state index in [1.54, 1.807) is 31.4 Å². The number of non-ortho nitro benzene ring substituents is 1. The summed E-state index contributed by atoms with van der Waals surface area (Å²) in [7, 11) is 1.56. The van der Waals surface area contributed by atoms with Gasteiger partial charge in [-0.05, 0) is 48.4 Å². The van der Waals surface area contributed by atoms with Crippen molar-refractivity contribution in [3.05, 3.63) is 69.9 Å². The summed E-state index contributed by atoms with van der Waals surface area (Å²) in [5.41, 5.74) is 1.33. The molecule has 3 rings (SSSR count). The molecule has 0 saturated carbocycles. The summed E-state index contributed by atoms with van der Waals surface area (Å²) in [5.74, 6) is -0.177. The van der Waals surface area contributed by atoms with E-state index in [1.165, 1.54) is 29.2 Å². The molecule has 8 heteroatoms. The number of methoxy groups -OCH3 is 1. The van der Waals surface area contributed by atoms with E-state index in [0.29, 0.717) is 30.0 Å². The molecule has 8 nitrogen and oxygen atoms in total. The Balaban J connectivity index is 2.03. The van der Waals surface area contributed by atoms with Gasteiger partial charge in [-0.25, -0.2) is 0 Å². The molecule has 1 aliphatic rings. The topological polar surface area (TPSA) is 102 Å². The predicted molar refractivity (Wildman–Crippen MR) is 104 cm³/mol. The molecule has 0 spiro atoms. The monoisotopic (exact) mass is 381 g/mol. The van der Waals surface area contributed by atoms with Gasteiger partial charge in [0, 0.05) is 24.4 Å². The lowest BCUT2D eigenvalue weighted by Crippen LogP contribution is -2.33. The highest BCUT2D eigenvalue weighted by Gasteiger charge is 2.38. The van der Waals surface area contributed by atoms with Gasteiger partial charge in [-0.1, -0.05) is 6.92 Å². The van der Waals surface area contributed by atoms with Crippen molar-refractivity contribution < 1.29 is 19.2 Å². The Morgan fingerprint density at radius 3 is 2.21 bits per heavy atom.